The number of aromatic nitrogens is 1. The third kappa shape index (κ3) is 5.22. The van der Waals surface area contributed by atoms with Crippen LogP contribution in [0.1, 0.15) is 23.2 Å². The van der Waals surface area contributed by atoms with Gasteiger partial charge in [0.2, 0.25) is 11.8 Å². The lowest BCUT2D eigenvalue weighted by Gasteiger charge is -2.22. The van der Waals surface area contributed by atoms with E-state index >= 15 is 0 Å². The van der Waals surface area contributed by atoms with E-state index in [0.717, 1.165) is 15.1 Å². The van der Waals surface area contributed by atoms with Crippen molar-refractivity contribution < 1.29 is 14.4 Å². The van der Waals surface area contributed by atoms with Crippen LogP contribution in [0.2, 0.25) is 0 Å². The number of hydrogen-bond acceptors (Lipinski definition) is 7. The van der Waals surface area contributed by atoms with Crippen molar-refractivity contribution in [3.05, 3.63) is 48.0 Å². The van der Waals surface area contributed by atoms with Crippen molar-refractivity contribution in [1.29, 1.82) is 0 Å². The minimum atomic E-state index is -0.208. The maximum absolute atomic E-state index is 13.5. The topological polar surface area (TPSA) is 73.8 Å². The first-order chi connectivity index (χ1) is 15.4. The summed E-state index contributed by atoms with van der Waals surface area (Å²) in [6.07, 6.45) is 2.47. The van der Waals surface area contributed by atoms with Crippen LogP contribution in [0.4, 0.5) is 10.8 Å². The fraction of sp³-hybridized carbons (Fsp3) is 0.304. The van der Waals surface area contributed by atoms with E-state index in [1.54, 1.807) is 40.9 Å². The number of nitrogens with zero attached hydrogens (tertiary/aromatic N) is 4. The number of imide groups is 1. The number of thiazole rings is 1. The van der Waals surface area contributed by atoms with Crippen LogP contribution < -0.4 is 9.80 Å². The van der Waals surface area contributed by atoms with Gasteiger partial charge in [0, 0.05) is 36.4 Å². The summed E-state index contributed by atoms with van der Waals surface area (Å²) in [6, 6.07) is 12.7. The third-order valence-corrected chi connectivity index (χ3v) is 7.07. The van der Waals surface area contributed by atoms with Gasteiger partial charge in [0.05, 0.1) is 15.9 Å². The molecule has 1 fully saturated rings. The predicted octanol–water partition coefficient (Wildman–Crippen LogP) is 4.30. The summed E-state index contributed by atoms with van der Waals surface area (Å²) in [5, 5.41) is 0.655. The lowest BCUT2D eigenvalue weighted by Crippen LogP contribution is -2.36. The highest BCUT2D eigenvalue weighted by Crippen LogP contribution is 2.34. The fourth-order valence-corrected chi connectivity index (χ4v) is 5.19. The van der Waals surface area contributed by atoms with Crippen LogP contribution in [0.25, 0.3) is 10.2 Å². The number of halogens is 1. The molecule has 1 saturated heterocycles. The third-order valence-electron chi connectivity index (χ3n) is 5.26. The Kier molecular flexibility index (Phi) is 8.12. The number of thioether (sulfide) groups is 1. The van der Waals surface area contributed by atoms with Crippen molar-refractivity contribution in [3.63, 3.8) is 0 Å². The molecule has 3 amide bonds. The summed E-state index contributed by atoms with van der Waals surface area (Å²) in [5.74, 6) is -0.580. The van der Waals surface area contributed by atoms with E-state index in [1.165, 1.54) is 16.2 Å². The van der Waals surface area contributed by atoms with Crippen LogP contribution in [0.5, 0.6) is 0 Å². The number of anilines is 2. The first-order valence-corrected chi connectivity index (χ1v) is 12.3. The van der Waals surface area contributed by atoms with Gasteiger partial charge >= 0.3 is 0 Å². The zero-order valence-corrected chi connectivity index (χ0v) is 21.1. The highest BCUT2D eigenvalue weighted by atomic mass is 35.5. The van der Waals surface area contributed by atoms with E-state index < -0.39 is 0 Å². The van der Waals surface area contributed by atoms with Crippen LogP contribution in [0.3, 0.4) is 0 Å². The number of fused-ring (bicyclic) bond motifs is 1. The monoisotopic (exact) mass is 504 g/mol. The number of amides is 3. The molecule has 0 unspecified atom stereocenters. The zero-order chi connectivity index (χ0) is 22.8. The second-order valence-electron chi connectivity index (χ2n) is 7.73. The van der Waals surface area contributed by atoms with E-state index in [0.29, 0.717) is 29.5 Å². The highest BCUT2D eigenvalue weighted by molar-refractivity contribution is 7.98. The Balaban J connectivity index is 0.00000306. The molecule has 4 rings (SSSR count). The molecule has 0 N–H and O–H groups in total. The molecule has 174 valence electrons. The summed E-state index contributed by atoms with van der Waals surface area (Å²) < 4.78 is 1.04. The second-order valence-corrected chi connectivity index (χ2v) is 9.59. The van der Waals surface area contributed by atoms with Crippen LogP contribution >= 0.6 is 35.5 Å². The number of rotatable bonds is 7. The molecule has 0 bridgehead atoms. The molecule has 0 saturated carbocycles. The van der Waals surface area contributed by atoms with Gasteiger partial charge in [-0.3, -0.25) is 24.2 Å². The normalized spacial score (nSPS) is 13.6. The van der Waals surface area contributed by atoms with Crippen molar-refractivity contribution in [3.8, 4) is 0 Å². The molecule has 2 heterocycles. The Morgan fingerprint density at radius 1 is 1.06 bits per heavy atom. The molecule has 0 aliphatic carbocycles. The molecule has 10 heteroatoms. The number of hydrogen-bond donors (Lipinski definition) is 0. The first kappa shape index (κ1) is 25.2. The number of benzene rings is 2. The molecular formula is C23H25ClN4O3S2. The number of carbonyl (C=O) groups excluding carboxylic acids is 3. The largest absolute Gasteiger partial charge is 0.308 e. The van der Waals surface area contributed by atoms with Gasteiger partial charge in [0.15, 0.2) is 5.13 Å². The van der Waals surface area contributed by atoms with Crippen LogP contribution in [-0.2, 0) is 9.59 Å². The molecule has 33 heavy (non-hydrogen) atoms. The van der Waals surface area contributed by atoms with Gasteiger partial charge < -0.3 is 4.90 Å². The summed E-state index contributed by atoms with van der Waals surface area (Å²) in [7, 11) is 3.93. The van der Waals surface area contributed by atoms with E-state index in [9.17, 15) is 14.4 Å². The van der Waals surface area contributed by atoms with Crippen LogP contribution in [-0.4, -0.2) is 61.0 Å². The quantitative estimate of drug-likeness (QED) is 0.353. The summed E-state index contributed by atoms with van der Waals surface area (Å²) in [6.45, 7) is 1.18. The van der Waals surface area contributed by atoms with Crippen LogP contribution in [0.15, 0.2) is 47.4 Å². The minimum absolute atomic E-state index is 0. The summed E-state index contributed by atoms with van der Waals surface area (Å²) in [5.41, 5.74) is 1.89. The lowest BCUT2D eigenvalue weighted by molar-refractivity contribution is -0.121. The van der Waals surface area contributed by atoms with Gasteiger partial charge in [0.25, 0.3) is 5.91 Å². The Hall–Kier alpha value is -2.46. The second kappa shape index (κ2) is 10.6. The minimum Gasteiger partial charge on any atom is -0.308 e. The van der Waals surface area contributed by atoms with Gasteiger partial charge in [-0.05, 0) is 56.7 Å². The molecule has 0 atom stereocenters. The zero-order valence-electron chi connectivity index (χ0n) is 18.6. The van der Waals surface area contributed by atoms with Crippen molar-refractivity contribution >= 4 is 74.3 Å². The molecule has 0 radical (unpaired) electrons. The molecule has 1 aliphatic heterocycles. The van der Waals surface area contributed by atoms with E-state index in [4.69, 9.17) is 4.98 Å². The Morgan fingerprint density at radius 2 is 1.73 bits per heavy atom. The van der Waals surface area contributed by atoms with E-state index in [1.807, 2.05) is 43.5 Å². The van der Waals surface area contributed by atoms with Crippen LogP contribution in [0, 0.1) is 0 Å². The SMILES string of the molecule is CSc1cccc2sc(N(CCN(C)C)C(=O)c3ccc(N4C(=O)CCC4=O)cc3)nc12.Cl. The molecule has 0 spiro atoms. The highest BCUT2D eigenvalue weighted by Gasteiger charge is 2.30. The number of para-hydroxylation sites is 1. The Morgan fingerprint density at radius 3 is 2.33 bits per heavy atom. The van der Waals surface area contributed by atoms with Gasteiger partial charge in [-0.15, -0.1) is 24.2 Å². The summed E-state index contributed by atoms with van der Waals surface area (Å²) >= 11 is 3.13. The van der Waals surface area contributed by atoms with Crippen molar-refractivity contribution in [2.45, 2.75) is 17.7 Å². The molecular weight excluding hydrogens is 480 g/mol. The average molecular weight is 505 g/mol. The van der Waals surface area contributed by atoms with Crippen molar-refractivity contribution in [2.24, 2.45) is 0 Å². The maximum Gasteiger partial charge on any atom is 0.260 e. The van der Waals surface area contributed by atoms with Gasteiger partial charge in [-0.25, -0.2) is 4.98 Å². The van der Waals surface area contributed by atoms with E-state index in [-0.39, 0.29) is 43.0 Å². The molecule has 1 aliphatic rings. The first-order valence-electron chi connectivity index (χ1n) is 10.2. The lowest BCUT2D eigenvalue weighted by atomic mass is 10.1. The fourth-order valence-electron chi connectivity index (χ4n) is 3.55. The van der Waals surface area contributed by atoms with Gasteiger partial charge in [-0.1, -0.05) is 17.4 Å². The van der Waals surface area contributed by atoms with Crippen molar-refractivity contribution in [1.82, 2.24) is 9.88 Å². The number of carbonyl (C=O) groups is 3. The standard InChI is InChI=1S/C23H24N4O3S2.ClH/c1-25(2)13-14-26(23-24-21-17(31-3)5-4-6-18(21)32-23)22(30)15-7-9-16(10-8-15)27-19(28)11-12-20(27)29;/h4-10H,11-14H2,1-3H3;1H. The van der Waals surface area contributed by atoms with Gasteiger partial charge in [0.1, 0.15) is 0 Å². The number of likely N-dealkylation sites (N-methyl/N-ethyl adjacent to an activating group) is 1. The Labute approximate surface area is 207 Å². The van der Waals surface area contributed by atoms with Gasteiger partial charge in [-0.2, -0.15) is 0 Å². The maximum atomic E-state index is 13.5. The smallest absolute Gasteiger partial charge is 0.260 e. The average Bonchev–Trinajstić information content (AvgIpc) is 3.36. The molecule has 3 aromatic rings. The Bertz CT molecular complexity index is 1160. The molecule has 1 aromatic heterocycles. The molecule has 7 nitrogen and oxygen atoms in total. The van der Waals surface area contributed by atoms with Crippen molar-refractivity contribution in [2.75, 3.05) is 43.2 Å². The predicted molar refractivity (Wildman–Crippen MR) is 137 cm³/mol. The van der Waals surface area contributed by atoms with E-state index in [2.05, 4.69) is 0 Å². The summed E-state index contributed by atoms with van der Waals surface area (Å²) in [4.78, 5) is 48.3. The molecule has 2 aromatic carbocycles.